The summed E-state index contributed by atoms with van der Waals surface area (Å²) < 4.78 is 5.49. The number of benzene rings is 2. The Balaban J connectivity index is 1.30. The van der Waals surface area contributed by atoms with Crippen LogP contribution >= 0.6 is 0 Å². The number of fused-ring (bicyclic) bond motifs is 2. The minimum Gasteiger partial charge on any atom is -0.497 e. The normalized spacial score (nSPS) is 24.0. The molecule has 2 bridgehead atoms. The van der Waals surface area contributed by atoms with Crippen molar-refractivity contribution in [3.8, 4) is 5.75 Å². The van der Waals surface area contributed by atoms with Crippen molar-refractivity contribution in [2.45, 2.75) is 89.3 Å². The molecule has 0 aromatic heterocycles. The van der Waals surface area contributed by atoms with Gasteiger partial charge in [-0.2, -0.15) is 0 Å². The molecular formula is C34H45N3O5. The van der Waals surface area contributed by atoms with E-state index >= 15 is 0 Å². The highest BCUT2D eigenvalue weighted by molar-refractivity contribution is 5.99. The fourth-order valence-electron chi connectivity index (χ4n) is 7.03. The standard InChI is InChI=1S/C34H45N3O5/c1-22(33(40)35-29-18-24-12-13-25(29)16-24)15-31(38)30(17-23-9-5-3-6-10-23)36-34(41)26-19-27(21-28(20-26)42-2)37-14-8-4-7-11-32(37)39/h3,5-6,9-10,19-22,24-25,29-31,38H,4,7-8,11-18H2,1-2H3,(H,35,40)(H,36,41)/t22-,24?,25?,29?,30+,31-/m1/s1. The summed E-state index contributed by atoms with van der Waals surface area (Å²) in [5.74, 6) is 1.06. The molecule has 8 nitrogen and oxygen atoms in total. The van der Waals surface area contributed by atoms with Gasteiger partial charge in [-0.15, -0.1) is 0 Å². The molecule has 0 radical (unpaired) electrons. The SMILES string of the molecule is COc1cc(C(=O)N[C@@H](Cc2ccccc2)[C@H](O)C[C@@H](C)C(=O)NC2CC3CCC2C3)cc(N2CCCCCC2=O)c1. The summed E-state index contributed by atoms with van der Waals surface area (Å²) in [7, 11) is 1.54. The predicted molar refractivity (Wildman–Crippen MR) is 162 cm³/mol. The first kappa shape index (κ1) is 30.1. The minimum atomic E-state index is -0.938. The third-order valence-electron chi connectivity index (χ3n) is 9.46. The van der Waals surface area contributed by atoms with Crippen LogP contribution in [0.2, 0.25) is 0 Å². The van der Waals surface area contributed by atoms with E-state index in [0.29, 0.717) is 42.3 Å². The van der Waals surface area contributed by atoms with Crippen molar-refractivity contribution < 1.29 is 24.2 Å². The quantitative estimate of drug-likeness (QED) is 0.362. The number of ether oxygens (including phenoxy) is 1. The van der Waals surface area contributed by atoms with Gasteiger partial charge in [0, 0.05) is 42.2 Å². The van der Waals surface area contributed by atoms with Crippen molar-refractivity contribution in [3.05, 3.63) is 59.7 Å². The molecule has 0 spiro atoms. The number of carbonyl (C=O) groups excluding carboxylic acids is 3. The number of aliphatic hydroxyl groups is 1. The van der Waals surface area contributed by atoms with Gasteiger partial charge in [0.05, 0.1) is 19.3 Å². The van der Waals surface area contributed by atoms with Crippen LogP contribution in [-0.4, -0.2) is 54.7 Å². The molecule has 3 fully saturated rings. The largest absolute Gasteiger partial charge is 0.497 e. The Bertz CT molecular complexity index is 1250. The molecule has 3 unspecified atom stereocenters. The molecule has 3 amide bonds. The summed E-state index contributed by atoms with van der Waals surface area (Å²) in [6, 6.07) is 14.5. The highest BCUT2D eigenvalue weighted by Crippen LogP contribution is 2.44. The van der Waals surface area contributed by atoms with Crippen LogP contribution < -0.4 is 20.3 Å². The van der Waals surface area contributed by atoms with E-state index in [1.54, 1.807) is 23.1 Å². The third kappa shape index (κ3) is 7.33. The van der Waals surface area contributed by atoms with E-state index in [0.717, 1.165) is 37.2 Å². The molecular weight excluding hydrogens is 530 g/mol. The third-order valence-corrected chi connectivity index (χ3v) is 9.46. The molecule has 6 atom stereocenters. The first-order valence-corrected chi connectivity index (χ1v) is 15.6. The Labute approximate surface area is 249 Å². The van der Waals surface area contributed by atoms with Crippen molar-refractivity contribution >= 4 is 23.4 Å². The van der Waals surface area contributed by atoms with Gasteiger partial charge in [0.15, 0.2) is 0 Å². The molecule has 1 aliphatic heterocycles. The van der Waals surface area contributed by atoms with Crippen molar-refractivity contribution in [2.24, 2.45) is 17.8 Å². The highest BCUT2D eigenvalue weighted by Gasteiger charge is 2.40. The van der Waals surface area contributed by atoms with Crippen LogP contribution in [0.15, 0.2) is 48.5 Å². The Hall–Kier alpha value is -3.39. The Kier molecular flexibility index (Phi) is 9.83. The number of amides is 3. The van der Waals surface area contributed by atoms with E-state index in [9.17, 15) is 19.5 Å². The van der Waals surface area contributed by atoms with Crippen molar-refractivity contribution in [1.82, 2.24) is 10.6 Å². The number of hydrogen-bond acceptors (Lipinski definition) is 5. The zero-order chi connectivity index (χ0) is 29.6. The van der Waals surface area contributed by atoms with Crippen LogP contribution in [0.3, 0.4) is 0 Å². The Morgan fingerprint density at radius 2 is 1.88 bits per heavy atom. The Morgan fingerprint density at radius 3 is 2.60 bits per heavy atom. The summed E-state index contributed by atoms with van der Waals surface area (Å²) in [5, 5.41) is 17.7. The fraction of sp³-hybridized carbons (Fsp3) is 0.559. The maximum Gasteiger partial charge on any atom is 0.251 e. The predicted octanol–water partition coefficient (Wildman–Crippen LogP) is 4.64. The second-order valence-corrected chi connectivity index (χ2v) is 12.5. The smallest absolute Gasteiger partial charge is 0.251 e. The van der Waals surface area contributed by atoms with Gasteiger partial charge in [-0.05, 0) is 74.5 Å². The zero-order valence-electron chi connectivity index (χ0n) is 24.9. The monoisotopic (exact) mass is 575 g/mol. The summed E-state index contributed by atoms with van der Waals surface area (Å²) in [6.07, 6.45) is 7.70. The summed E-state index contributed by atoms with van der Waals surface area (Å²) in [6.45, 7) is 2.45. The van der Waals surface area contributed by atoms with Crippen LogP contribution in [0.4, 0.5) is 5.69 Å². The van der Waals surface area contributed by atoms with E-state index in [1.165, 1.54) is 26.4 Å². The number of carbonyl (C=O) groups is 3. The molecule has 226 valence electrons. The second-order valence-electron chi connectivity index (χ2n) is 12.5. The first-order chi connectivity index (χ1) is 20.3. The van der Waals surface area contributed by atoms with Gasteiger partial charge in [0.1, 0.15) is 5.75 Å². The molecule has 8 heteroatoms. The Morgan fingerprint density at radius 1 is 1.07 bits per heavy atom. The molecule has 1 heterocycles. The number of anilines is 1. The molecule has 42 heavy (non-hydrogen) atoms. The van der Waals surface area contributed by atoms with E-state index < -0.39 is 18.1 Å². The molecule has 5 rings (SSSR count). The van der Waals surface area contributed by atoms with Gasteiger partial charge < -0.3 is 25.4 Å². The fourth-order valence-corrected chi connectivity index (χ4v) is 7.03. The zero-order valence-corrected chi connectivity index (χ0v) is 24.9. The van der Waals surface area contributed by atoms with Crippen molar-refractivity contribution in [2.75, 3.05) is 18.6 Å². The summed E-state index contributed by atoms with van der Waals surface area (Å²) in [4.78, 5) is 41.3. The molecule has 2 aromatic carbocycles. The van der Waals surface area contributed by atoms with E-state index in [-0.39, 0.29) is 30.2 Å². The lowest BCUT2D eigenvalue weighted by molar-refractivity contribution is -0.126. The van der Waals surface area contributed by atoms with Crippen molar-refractivity contribution in [1.29, 1.82) is 0 Å². The minimum absolute atomic E-state index is 0.0315. The van der Waals surface area contributed by atoms with Crippen LogP contribution in [0.25, 0.3) is 0 Å². The van der Waals surface area contributed by atoms with Gasteiger partial charge in [0.2, 0.25) is 11.8 Å². The molecule has 1 saturated heterocycles. The lowest BCUT2D eigenvalue weighted by atomic mass is 9.91. The van der Waals surface area contributed by atoms with Gasteiger partial charge in [-0.3, -0.25) is 14.4 Å². The van der Waals surface area contributed by atoms with E-state index in [2.05, 4.69) is 10.6 Å². The number of aliphatic hydroxyl groups excluding tert-OH is 1. The lowest BCUT2D eigenvalue weighted by Crippen LogP contribution is -2.47. The summed E-state index contributed by atoms with van der Waals surface area (Å²) >= 11 is 0. The lowest BCUT2D eigenvalue weighted by Gasteiger charge is -2.28. The van der Waals surface area contributed by atoms with Gasteiger partial charge in [-0.25, -0.2) is 0 Å². The van der Waals surface area contributed by atoms with Crippen molar-refractivity contribution in [3.63, 3.8) is 0 Å². The molecule has 3 aliphatic rings. The van der Waals surface area contributed by atoms with E-state index in [1.807, 2.05) is 37.3 Å². The maximum atomic E-state index is 13.7. The van der Waals surface area contributed by atoms with Crippen LogP contribution in [0.1, 0.15) is 80.6 Å². The average molecular weight is 576 g/mol. The van der Waals surface area contributed by atoms with Gasteiger partial charge >= 0.3 is 0 Å². The van der Waals surface area contributed by atoms with Gasteiger partial charge in [0.25, 0.3) is 5.91 Å². The number of nitrogens with zero attached hydrogens (tertiary/aromatic N) is 1. The number of methoxy groups -OCH3 is 1. The average Bonchev–Trinajstić information content (AvgIpc) is 3.55. The second kappa shape index (κ2) is 13.7. The highest BCUT2D eigenvalue weighted by atomic mass is 16.5. The van der Waals surface area contributed by atoms with Gasteiger partial charge in [-0.1, -0.05) is 50.1 Å². The molecule has 2 aliphatic carbocycles. The molecule has 3 N–H and O–H groups in total. The topological polar surface area (TPSA) is 108 Å². The van der Waals surface area contributed by atoms with Crippen LogP contribution in [0.5, 0.6) is 5.75 Å². The first-order valence-electron chi connectivity index (χ1n) is 15.6. The molecule has 2 aromatic rings. The summed E-state index contributed by atoms with van der Waals surface area (Å²) in [5.41, 5.74) is 1.97. The number of rotatable bonds is 11. The number of hydrogen-bond donors (Lipinski definition) is 3. The van der Waals surface area contributed by atoms with Crippen LogP contribution in [-0.2, 0) is 16.0 Å². The van der Waals surface area contributed by atoms with E-state index in [4.69, 9.17) is 4.74 Å². The maximum absolute atomic E-state index is 13.7. The number of nitrogens with one attached hydrogen (secondary N) is 2. The van der Waals surface area contributed by atoms with Crippen LogP contribution in [0, 0.1) is 17.8 Å². The molecule has 2 saturated carbocycles.